The molecule has 1 aliphatic rings. The molecular weight excluding hydrogens is 274 g/mol. The van der Waals surface area contributed by atoms with Gasteiger partial charge < -0.3 is 10.1 Å². The summed E-state index contributed by atoms with van der Waals surface area (Å²) >= 11 is 0. The molecule has 118 valence electrons. The monoisotopic (exact) mass is 299 g/mol. The van der Waals surface area contributed by atoms with E-state index in [1.165, 1.54) is 36.2 Å². The number of aromatic nitrogens is 2. The number of hydrogen-bond donors (Lipinski definition) is 2. The minimum atomic E-state index is 0.290. The molecule has 1 aromatic heterocycles. The van der Waals surface area contributed by atoms with Gasteiger partial charge in [0.25, 0.3) is 0 Å². The summed E-state index contributed by atoms with van der Waals surface area (Å²) in [5.74, 6) is 0.921. The molecule has 0 saturated heterocycles. The van der Waals surface area contributed by atoms with Crippen LogP contribution in [0, 0.1) is 0 Å². The Morgan fingerprint density at radius 2 is 2.00 bits per heavy atom. The summed E-state index contributed by atoms with van der Waals surface area (Å²) in [4.78, 5) is 0. The normalized spacial score (nSPS) is 15.9. The summed E-state index contributed by atoms with van der Waals surface area (Å²) in [6.45, 7) is 3.62. The van der Waals surface area contributed by atoms with Crippen LogP contribution >= 0.6 is 0 Å². The topological polar surface area (TPSA) is 49.9 Å². The van der Waals surface area contributed by atoms with E-state index in [1.54, 1.807) is 0 Å². The average Bonchev–Trinajstić information content (AvgIpc) is 2.78. The highest BCUT2D eigenvalue weighted by molar-refractivity contribution is 5.26. The van der Waals surface area contributed by atoms with Gasteiger partial charge in [0, 0.05) is 18.3 Å². The minimum absolute atomic E-state index is 0.290. The number of hydrogen-bond acceptors (Lipinski definition) is 3. The lowest BCUT2D eigenvalue weighted by molar-refractivity contribution is 0.272. The Bertz CT molecular complexity index is 579. The summed E-state index contributed by atoms with van der Waals surface area (Å²) < 4.78 is 5.78. The zero-order chi connectivity index (χ0) is 15.2. The third kappa shape index (κ3) is 3.89. The first-order chi connectivity index (χ1) is 10.8. The average molecular weight is 299 g/mol. The molecule has 0 aliphatic heterocycles. The van der Waals surface area contributed by atoms with E-state index in [4.69, 9.17) is 4.74 Å². The van der Waals surface area contributed by atoms with Crippen molar-refractivity contribution in [3.05, 3.63) is 47.3 Å². The van der Waals surface area contributed by atoms with Crippen LogP contribution in [0.25, 0.3) is 0 Å². The molecule has 1 aromatic carbocycles. The number of aromatic amines is 1. The van der Waals surface area contributed by atoms with Gasteiger partial charge in [0.2, 0.25) is 0 Å². The van der Waals surface area contributed by atoms with E-state index in [1.807, 2.05) is 30.3 Å². The number of H-pyrrole nitrogens is 1. The van der Waals surface area contributed by atoms with Gasteiger partial charge in [-0.2, -0.15) is 5.10 Å². The molecule has 4 nitrogen and oxygen atoms in total. The van der Waals surface area contributed by atoms with Gasteiger partial charge in [-0.1, -0.05) is 24.6 Å². The Labute approximate surface area is 132 Å². The van der Waals surface area contributed by atoms with Gasteiger partial charge in [-0.15, -0.1) is 0 Å². The minimum Gasteiger partial charge on any atom is -0.492 e. The van der Waals surface area contributed by atoms with Gasteiger partial charge in [-0.3, -0.25) is 5.10 Å². The first-order valence-electron chi connectivity index (χ1n) is 8.29. The highest BCUT2D eigenvalue weighted by Crippen LogP contribution is 2.21. The van der Waals surface area contributed by atoms with Crippen LogP contribution < -0.4 is 10.1 Å². The standard InChI is InChI=1S/C18H25N3O/c1-14(13-22-15-8-4-2-5-9-15)19-12-18-16-10-6-3-7-11-17(16)20-21-18/h2,4-5,8-9,14,19H,3,6-7,10-13H2,1H3,(H,20,21)/t14-/m1/s1. The molecule has 0 saturated carbocycles. The number of benzene rings is 1. The smallest absolute Gasteiger partial charge is 0.119 e. The van der Waals surface area contributed by atoms with Crippen LogP contribution in [-0.4, -0.2) is 22.8 Å². The number of rotatable bonds is 6. The van der Waals surface area contributed by atoms with Crippen molar-refractivity contribution in [2.24, 2.45) is 0 Å². The molecule has 0 radical (unpaired) electrons. The SMILES string of the molecule is C[C@H](COc1ccccc1)NCc1n[nH]c2c1CCCCC2. The second-order valence-electron chi connectivity index (χ2n) is 6.09. The molecular formula is C18H25N3O. The number of aryl methyl sites for hydroxylation is 1. The Hall–Kier alpha value is -1.81. The van der Waals surface area contributed by atoms with Crippen molar-refractivity contribution in [3.63, 3.8) is 0 Å². The predicted octanol–water partition coefficient (Wildman–Crippen LogP) is 3.24. The Morgan fingerprint density at radius 3 is 2.86 bits per heavy atom. The molecule has 4 heteroatoms. The van der Waals surface area contributed by atoms with Crippen molar-refractivity contribution in [2.75, 3.05) is 6.61 Å². The first-order valence-corrected chi connectivity index (χ1v) is 8.29. The van der Waals surface area contributed by atoms with Crippen molar-refractivity contribution in [2.45, 2.75) is 51.6 Å². The van der Waals surface area contributed by atoms with Gasteiger partial charge in [0.1, 0.15) is 12.4 Å². The van der Waals surface area contributed by atoms with Gasteiger partial charge in [-0.25, -0.2) is 0 Å². The summed E-state index contributed by atoms with van der Waals surface area (Å²) in [6.07, 6.45) is 6.21. The number of nitrogens with zero attached hydrogens (tertiary/aromatic N) is 1. The second kappa shape index (κ2) is 7.45. The summed E-state index contributed by atoms with van der Waals surface area (Å²) in [7, 11) is 0. The molecule has 3 rings (SSSR count). The lowest BCUT2D eigenvalue weighted by Gasteiger charge is -2.14. The number of nitrogens with one attached hydrogen (secondary N) is 2. The zero-order valence-corrected chi connectivity index (χ0v) is 13.3. The molecule has 0 unspecified atom stereocenters. The molecule has 22 heavy (non-hydrogen) atoms. The fourth-order valence-corrected chi connectivity index (χ4v) is 2.94. The Balaban J connectivity index is 1.49. The third-order valence-electron chi connectivity index (χ3n) is 4.25. The highest BCUT2D eigenvalue weighted by Gasteiger charge is 2.15. The molecule has 0 spiro atoms. The number of ether oxygens (including phenoxy) is 1. The van der Waals surface area contributed by atoms with Crippen molar-refractivity contribution in [1.82, 2.24) is 15.5 Å². The van der Waals surface area contributed by atoms with Gasteiger partial charge >= 0.3 is 0 Å². The maximum absolute atomic E-state index is 5.78. The van der Waals surface area contributed by atoms with Crippen molar-refractivity contribution >= 4 is 0 Å². The molecule has 0 bridgehead atoms. The molecule has 1 aliphatic carbocycles. The zero-order valence-electron chi connectivity index (χ0n) is 13.3. The Kier molecular flexibility index (Phi) is 5.11. The van der Waals surface area contributed by atoms with Crippen LogP contribution in [0.2, 0.25) is 0 Å². The predicted molar refractivity (Wildman–Crippen MR) is 88.1 cm³/mol. The number of para-hydroxylation sites is 1. The first kappa shape index (κ1) is 15.1. The van der Waals surface area contributed by atoms with E-state index in [-0.39, 0.29) is 0 Å². The highest BCUT2D eigenvalue weighted by atomic mass is 16.5. The van der Waals surface area contributed by atoms with Crippen LogP contribution in [0.3, 0.4) is 0 Å². The fourth-order valence-electron chi connectivity index (χ4n) is 2.94. The van der Waals surface area contributed by atoms with E-state index in [2.05, 4.69) is 22.4 Å². The van der Waals surface area contributed by atoms with E-state index in [0.29, 0.717) is 12.6 Å². The maximum atomic E-state index is 5.78. The van der Waals surface area contributed by atoms with Gasteiger partial charge in [0.15, 0.2) is 0 Å². The largest absolute Gasteiger partial charge is 0.492 e. The molecule has 1 heterocycles. The van der Waals surface area contributed by atoms with Gasteiger partial charge in [-0.05, 0) is 50.3 Å². The van der Waals surface area contributed by atoms with Crippen LogP contribution in [0.15, 0.2) is 30.3 Å². The summed E-state index contributed by atoms with van der Waals surface area (Å²) in [5, 5.41) is 11.2. The lowest BCUT2D eigenvalue weighted by Crippen LogP contribution is -2.31. The summed E-state index contributed by atoms with van der Waals surface area (Å²) in [5.41, 5.74) is 3.98. The molecule has 2 aromatic rings. The van der Waals surface area contributed by atoms with E-state index in [9.17, 15) is 0 Å². The second-order valence-corrected chi connectivity index (χ2v) is 6.09. The fraction of sp³-hybridized carbons (Fsp3) is 0.500. The number of fused-ring (bicyclic) bond motifs is 1. The van der Waals surface area contributed by atoms with E-state index >= 15 is 0 Å². The molecule has 0 amide bonds. The maximum Gasteiger partial charge on any atom is 0.119 e. The van der Waals surface area contributed by atoms with Crippen LogP contribution in [0.5, 0.6) is 5.75 Å². The van der Waals surface area contributed by atoms with Crippen LogP contribution in [-0.2, 0) is 19.4 Å². The van der Waals surface area contributed by atoms with E-state index < -0.39 is 0 Å². The quantitative estimate of drug-likeness (QED) is 0.805. The van der Waals surface area contributed by atoms with Gasteiger partial charge in [0.05, 0.1) is 5.69 Å². The molecule has 2 N–H and O–H groups in total. The van der Waals surface area contributed by atoms with Crippen molar-refractivity contribution < 1.29 is 4.74 Å². The van der Waals surface area contributed by atoms with Crippen molar-refractivity contribution in [1.29, 1.82) is 0 Å². The van der Waals surface area contributed by atoms with Crippen LogP contribution in [0.1, 0.15) is 43.1 Å². The van der Waals surface area contributed by atoms with Crippen LogP contribution in [0.4, 0.5) is 0 Å². The van der Waals surface area contributed by atoms with Crippen molar-refractivity contribution in [3.8, 4) is 5.75 Å². The van der Waals surface area contributed by atoms with E-state index in [0.717, 1.165) is 25.1 Å². The molecule has 0 fully saturated rings. The lowest BCUT2D eigenvalue weighted by atomic mass is 10.1. The molecule has 1 atom stereocenters. The Morgan fingerprint density at radius 1 is 1.18 bits per heavy atom. The third-order valence-corrected chi connectivity index (χ3v) is 4.25. The summed E-state index contributed by atoms with van der Waals surface area (Å²) in [6, 6.07) is 10.2.